The lowest BCUT2D eigenvalue weighted by molar-refractivity contribution is -0.140. The van der Waals surface area contributed by atoms with Gasteiger partial charge in [0.05, 0.1) is 0 Å². The summed E-state index contributed by atoms with van der Waals surface area (Å²) in [6.45, 7) is 5.34. The number of hydrogen-bond acceptors (Lipinski definition) is 4. The Bertz CT molecular complexity index is 777. The van der Waals surface area contributed by atoms with Crippen molar-refractivity contribution in [2.24, 2.45) is 5.92 Å². The molecule has 4 rings (SSSR count). The van der Waals surface area contributed by atoms with E-state index in [-0.39, 0.29) is 17.7 Å². The van der Waals surface area contributed by atoms with Crippen LogP contribution >= 0.6 is 0 Å². The highest BCUT2D eigenvalue weighted by Gasteiger charge is 2.34. The van der Waals surface area contributed by atoms with Gasteiger partial charge in [0.15, 0.2) is 0 Å². The van der Waals surface area contributed by atoms with E-state index >= 15 is 0 Å². The molecule has 170 valence electrons. The Labute approximate surface area is 186 Å². The van der Waals surface area contributed by atoms with Crippen molar-refractivity contribution in [3.05, 3.63) is 29.8 Å². The average Bonchev–Trinajstić information content (AvgIpc) is 2.82. The van der Waals surface area contributed by atoms with Crippen LogP contribution in [0.3, 0.4) is 0 Å². The molecule has 0 saturated carbocycles. The molecule has 2 unspecified atom stereocenters. The van der Waals surface area contributed by atoms with E-state index in [1.807, 2.05) is 30.0 Å². The van der Waals surface area contributed by atoms with Crippen LogP contribution in [0.5, 0.6) is 0 Å². The normalized spacial score (nSPS) is 26.1. The van der Waals surface area contributed by atoms with Crippen molar-refractivity contribution in [2.75, 3.05) is 38.3 Å². The van der Waals surface area contributed by atoms with Crippen LogP contribution in [0.2, 0.25) is 0 Å². The minimum atomic E-state index is 0.0455. The Morgan fingerprint density at radius 1 is 1.03 bits per heavy atom. The molecule has 0 spiro atoms. The van der Waals surface area contributed by atoms with Crippen molar-refractivity contribution in [1.29, 1.82) is 0 Å². The molecule has 2 bridgehead atoms. The molecule has 2 atom stereocenters. The summed E-state index contributed by atoms with van der Waals surface area (Å²) in [5.74, 6) is 0.453. The topological polar surface area (TPSA) is 53.1 Å². The van der Waals surface area contributed by atoms with Gasteiger partial charge in [-0.05, 0) is 50.8 Å². The minimum Gasteiger partial charge on any atom is -0.381 e. The van der Waals surface area contributed by atoms with Crippen molar-refractivity contribution in [3.63, 3.8) is 0 Å². The molecule has 2 fully saturated rings. The largest absolute Gasteiger partial charge is 0.381 e. The van der Waals surface area contributed by atoms with Crippen LogP contribution in [0.25, 0.3) is 0 Å². The first kappa shape index (κ1) is 22.3. The summed E-state index contributed by atoms with van der Waals surface area (Å²) in [6, 6.07) is 8.99. The summed E-state index contributed by atoms with van der Waals surface area (Å²) in [5.41, 5.74) is 2.04. The van der Waals surface area contributed by atoms with E-state index in [1.165, 1.54) is 6.42 Å². The first-order valence-electron chi connectivity index (χ1n) is 12.0. The lowest BCUT2D eigenvalue weighted by Crippen LogP contribution is -2.51. The monoisotopic (exact) mass is 427 g/mol. The highest BCUT2D eigenvalue weighted by Crippen LogP contribution is 2.31. The summed E-state index contributed by atoms with van der Waals surface area (Å²) in [5, 5.41) is 0. The number of rotatable bonds is 2. The predicted octanol–water partition coefficient (Wildman–Crippen LogP) is 3.44. The first-order valence-corrected chi connectivity index (χ1v) is 12.0. The Balaban J connectivity index is 1.70. The number of nitrogens with zero attached hydrogens (tertiary/aromatic N) is 3. The molecule has 31 heavy (non-hydrogen) atoms. The highest BCUT2D eigenvalue weighted by molar-refractivity contribution is 5.94. The first-order chi connectivity index (χ1) is 15.1. The molecule has 3 aliphatic heterocycles. The quantitative estimate of drug-likeness (QED) is 0.726. The molecule has 3 heterocycles. The third-order valence-electron chi connectivity index (χ3n) is 7.47. The molecule has 0 radical (unpaired) electrons. The maximum absolute atomic E-state index is 13.6. The van der Waals surface area contributed by atoms with Gasteiger partial charge in [0, 0.05) is 63.0 Å². The number of para-hydroxylation sites is 1. The van der Waals surface area contributed by atoms with E-state index in [1.54, 1.807) is 0 Å². The van der Waals surface area contributed by atoms with Crippen molar-refractivity contribution < 1.29 is 14.3 Å². The number of carbonyl (C=O) groups is 2. The third-order valence-corrected chi connectivity index (χ3v) is 7.47. The number of carbonyl (C=O) groups excluding carboxylic acids is 2. The lowest BCUT2D eigenvalue weighted by Gasteiger charge is -2.42. The van der Waals surface area contributed by atoms with E-state index in [4.69, 9.17) is 4.74 Å². The summed E-state index contributed by atoms with van der Waals surface area (Å²) in [4.78, 5) is 33.1. The zero-order valence-electron chi connectivity index (χ0n) is 19.1. The fourth-order valence-electron chi connectivity index (χ4n) is 5.51. The van der Waals surface area contributed by atoms with Gasteiger partial charge >= 0.3 is 0 Å². The number of likely N-dealkylation sites (N-methyl/N-ethyl adjacent to an activating group) is 1. The van der Waals surface area contributed by atoms with Crippen LogP contribution in [0, 0.1) is 5.92 Å². The van der Waals surface area contributed by atoms with E-state index in [2.05, 4.69) is 22.9 Å². The van der Waals surface area contributed by atoms with E-state index in [0.717, 1.165) is 56.4 Å². The minimum absolute atomic E-state index is 0.0455. The van der Waals surface area contributed by atoms with Gasteiger partial charge in [-0.3, -0.25) is 14.5 Å². The molecule has 2 amide bonds. The van der Waals surface area contributed by atoms with Gasteiger partial charge in [-0.2, -0.15) is 0 Å². The standard InChI is InChI=1S/C25H37N3O3/c1-3-24(29)28-14-11-21-8-6-9-22(26(21)2)18-27(17-20-7-4-5-10-23(20)28)25(30)19-12-15-31-16-13-19/h4-5,7,10,19,21-22H,3,6,8-9,11-18H2,1-2H3. The highest BCUT2D eigenvalue weighted by atomic mass is 16.5. The molecule has 0 aliphatic carbocycles. The van der Waals surface area contributed by atoms with Crippen molar-refractivity contribution in [3.8, 4) is 0 Å². The van der Waals surface area contributed by atoms with Gasteiger partial charge in [-0.25, -0.2) is 0 Å². The molecule has 6 nitrogen and oxygen atoms in total. The maximum atomic E-state index is 13.6. The number of piperidine rings is 1. The molecule has 0 aromatic heterocycles. The van der Waals surface area contributed by atoms with E-state index in [0.29, 0.717) is 38.3 Å². The summed E-state index contributed by atoms with van der Waals surface area (Å²) < 4.78 is 5.50. The number of hydrogen-bond donors (Lipinski definition) is 0. The summed E-state index contributed by atoms with van der Waals surface area (Å²) in [7, 11) is 2.21. The number of benzene rings is 1. The fraction of sp³-hybridized carbons (Fsp3) is 0.680. The van der Waals surface area contributed by atoms with Crippen molar-refractivity contribution in [1.82, 2.24) is 9.80 Å². The van der Waals surface area contributed by atoms with Gasteiger partial charge in [-0.15, -0.1) is 0 Å². The molecular weight excluding hydrogens is 390 g/mol. The predicted molar refractivity (Wildman–Crippen MR) is 122 cm³/mol. The van der Waals surface area contributed by atoms with Crippen molar-refractivity contribution in [2.45, 2.75) is 70.5 Å². The Hall–Kier alpha value is -1.92. The second kappa shape index (κ2) is 10.1. The lowest BCUT2D eigenvalue weighted by atomic mass is 9.93. The SMILES string of the molecule is CCC(=O)N1CCC2CCCC(CN(C(=O)C3CCOCC3)Cc3ccccc31)N2C. The number of amides is 2. The average molecular weight is 428 g/mol. The van der Waals surface area contributed by atoms with Gasteiger partial charge in [0.25, 0.3) is 0 Å². The summed E-state index contributed by atoms with van der Waals surface area (Å²) >= 11 is 0. The second-order valence-electron chi connectivity index (χ2n) is 9.33. The maximum Gasteiger partial charge on any atom is 0.226 e. The van der Waals surface area contributed by atoms with Crippen LogP contribution < -0.4 is 4.90 Å². The van der Waals surface area contributed by atoms with Crippen LogP contribution in [-0.4, -0.2) is 67.0 Å². The Morgan fingerprint density at radius 2 is 1.77 bits per heavy atom. The zero-order chi connectivity index (χ0) is 21.8. The Morgan fingerprint density at radius 3 is 2.55 bits per heavy atom. The van der Waals surface area contributed by atoms with E-state index in [9.17, 15) is 9.59 Å². The molecule has 1 aromatic carbocycles. The van der Waals surface area contributed by atoms with Gasteiger partial charge < -0.3 is 14.5 Å². The van der Waals surface area contributed by atoms with Gasteiger partial charge in [0.1, 0.15) is 0 Å². The molecule has 6 heteroatoms. The van der Waals surface area contributed by atoms with E-state index < -0.39 is 0 Å². The van der Waals surface area contributed by atoms with Crippen LogP contribution in [0.1, 0.15) is 57.4 Å². The molecule has 3 aliphatic rings. The third kappa shape index (κ3) is 4.96. The van der Waals surface area contributed by atoms with Crippen LogP contribution in [0.4, 0.5) is 5.69 Å². The second-order valence-corrected chi connectivity index (χ2v) is 9.33. The smallest absolute Gasteiger partial charge is 0.226 e. The zero-order valence-corrected chi connectivity index (χ0v) is 19.1. The number of anilines is 1. The van der Waals surface area contributed by atoms with Crippen molar-refractivity contribution >= 4 is 17.5 Å². The van der Waals surface area contributed by atoms with Crippen LogP contribution in [-0.2, 0) is 20.9 Å². The molecular formula is C25H37N3O3. The molecule has 1 aromatic rings. The number of ether oxygens (including phenoxy) is 1. The fourth-order valence-corrected chi connectivity index (χ4v) is 5.51. The Kier molecular flexibility index (Phi) is 7.28. The molecule has 2 saturated heterocycles. The summed E-state index contributed by atoms with van der Waals surface area (Å²) in [6.07, 6.45) is 6.55. The number of fused-ring (bicyclic) bond motifs is 3. The van der Waals surface area contributed by atoms with Gasteiger partial charge in [0.2, 0.25) is 11.8 Å². The van der Waals surface area contributed by atoms with Crippen LogP contribution in [0.15, 0.2) is 24.3 Å². The molecule has 0 N–H and O–H groups in total. The van der Waals surface area contributed by atoms with Gasteiger partial charge in [-0.1, -0.05) is 31.5 Å².